The van der Waals surface area contributed by atoms with Crippen LogP contribution in [0.1, 0.15) is 13.8 Å². The number of anilines is 1. The van der Waals surface area contributed by atoms with Gasteiger partial charge >= 0.3 is 11.9 Å². The Morgan fingerprint density at radius 3 is 2.24 bits per heavy atom. The molecule has 3 aliphatic rings. The molecule has 8 heteroatoms. The van der Waals surface area contributed by atoms with Crippen molar-refractivity contribution < 1.29 is 33.4 Å². The van der Waals surface area contributed by atoms with Gasteiger partial charge in [-0.3, -0.25) is 19.2 Å². The fraction of sp³-hybridized carbons (Fsp3) is 0.280. The van der Waals surface area contributed by atoms with Crippen LogP contribution in [0.4, 0.5) is 5.69 Å². The molecule has 0 radical (unpaired) electrons. The Morgan fingerprint density at radius 2 is 1.58 bits per heavy atom. The summed E-state index contributed by atoms with van der Waals surface area (Å²) in [7, 11) is 0. The molecule has 3 aliphatic heterocycles. The van der Waals surface area contributed by atoms with Gasteiger partial charge in [0.15, 0.2) is 5.60 Å². The van der Waals surface area contributed by atoms with Crippen molar-refractivity contribution in [1.29, 1.82) is 0 Å². The fourth-order valence-electron chi connectivity index (χ4n) is 4.98. The number of ether oxygens (including phenoxy) is 3. The van der Waals surface area contributed by atoms with Gasteiger partial charge < -0.3 is 14.2 Å². The third kappa shape index (κ3) is 3.17. The zero-order valence-electron chi connectivity index (χ0n) is 18.0. The van der Waals surface area contributed by atoms with Gasteiger partial charge in [0.25, 0.3) is 6.29 Å². The standard InChI is InChI=1S/C25H21NO7/c1-14(27)31-24(32-15(2)28)25-13-12-19(33-25)20-21(25)23(30)26(22(20)29)18-11-7-6-10-17(18)16-8-4-3-5-9-16/h3-13,19-21,24H,1-2H3/t19-,20-,21+,25+/m1/s1. The molecular formula is C25H21NO7. The maximum Gasteiger partial charge on any atom is 0.305 e. The van der Waals surface area contributed by atoms with Crippen molar-refractivity contribution in [2.45, 2.75) is 31.8 Å². The van der Waals surface area contributed by atoms with Gasteiger partial charge in [0.2, 0.25) is 11.8 Å². The van der Waals surface area contributed by atoms with Crippen LogP contribution in [-0.2, 0) is 33.4 Å². The number of imide groups is 1. The van der Waals surface area contributed by atoms with Crippen molar-refractivity contribution >= 4 is 29.4 Å². The van der Waals surface area contributed by atoms with Crippen LogP contribution in [0.5, 0.6) is 0 Å². The minimum absolute atomic E-state index is 0.408. The Labute approximate surface area is 189 Å². The zero-order valence-corrected chi connectivity index (χ0v) is 18.0. The van der Waals surface area contributed by atoms with E-state index in [2.05, 4.69) is 0 Å². The molecule has 5 rings (SSSR count). The molecular weight excluding hydrogens is 426 g/mol. The maximum absolute atomic E-state index is 13.8. The lowest BCUT2D eigenvalue weighted by Crippen LogP contribution is -2.52. The second-order valence-electron chi connectivity index (χ2n) is 8.24. The first-order valence-corrected chi connectivity index (χ1v) is 10.6. The first-order valence-electron chi connectivity index (χ1n) is 10.6. The Hall–Kier alpha value is -3.78. The smallest absolute Gasteiger partial charge is 0.305 e. The third-order valence-corrected chi connectivity index (χ3v) is 6.22. The Bertz CT molecular complexity index is 1170. The molecule has 2 amide bonds. The highest BCUT2D eigenvalue weighted by Gasteiger charge is 2.72. The van der Waals surface area contributed by atoms with Crippen molar-refractivity contribution in [2.24, 2.45) is 11.8 Å². The van der Waals surface area contributed by atoms with E-state index >= 15 is 0 Å². The highest BCUT2D eigenvalue weighted by atomic mass is 16.7. The molecule has 2 saturated heterocycles. The van der Waals surface area contributed by atoms with Gasteiger partial charge in [-0.05, 0) is 17.7 Å². The molecule has 0 N–H and O–H groups in total. The lowest BCUT2D eigenvalue weighted by Gasteiger charge is -2.34. The summed E-state index contributed by atoms with van der Waals surface area (Å²) in [6.45, 7) is 2.33. The molecule has 8 nitrogen and oxygen atoms in total. The van der Waals surface area contributed by atoms with Crippen molar-refractivity contribution in [2.75, 3.05) is 4.90 Å². The van der Waals surface area contributed by atoms with Crippen LogP contribution in [0.15, 0.2) is 66.7 Å². The molecule has 33 heavy (non-hydrogen) atoms. The summed E-state index contributed by atoms with van der Waals surface area (Å²) in [6.07, 6.45) is 1.02. The minimum Gasteiger partial charge on any atom is -0.422 e. The monoisotopic (exact) mass is 447 g/mol. The van der Waals surface area contributed by atoms with Crippen LogP contribution in [-0.4, -0.2) is 41.7 Å². The van der Waals surface area contributed by atoms with E-state index in [1.807, 2.05) is 42.5 Å². The Kier molecular flexibility index (Phi) is 4.90. The van der Waals surface area contributed by atoms with Crippen LogP contribution < -0.4 is 4.90 Å². The molecule has 2 aromatic rings. The molecule has 3 heterocycles. The van der Waals surface area contributed by atoms with Gasteiger partial charge in [0.05, 0.1) is 23.6 Å². The summed E-state index contributed by atoms with van der Waals surface area (Å²) in [5.74, 6) is -4.14. The third-order valence-electron chi connectivity index (χ3n) is 6.22. The molecule has 2 aromatic carbocycles. The maximum atomic E-state index is 13.8. The largest absolute Gasteiger partial charge is 0.422 e. The van der Waals surface area contributed by atoms with Gasteiger partial charge in [-0.15, -0.1) is 0 Å². The second-order valence-corrected chi connectivity index (χ2v) is 8.24. The van der Waals surface area contributed by atoms with Crippen LogP contribution in [0.25, 0.3) is 11.1 Å². The van der Waals surface area contributed by atoms with E-state index in [1.54, 1.807) is 24.3 Å². The Balaban J connectivity index is 1.58. The number of benzene rings is 2. The van der Waals surface area contributed by atoms with Crippen molar-refractivity contribution in [3.63, 3.8) is 0 Å². The summed E-state index contributed by atoms with van der Waals surface area (Å²) in [6, 6.07) is 16.6. The second kappa shape index (κ2) is 7.67. The number of amides is 2. The molecule has 0 aliphatic carbocycles. The van der Waals surface area contributed by atoms with E-state index in [0.29, 0.717) is 5.69 Å². The predicted octanol–water partition coefficient (Wildman–Crippen LogP) is 2.62. The van der Waals surface area contributed by atoms with Gasteiger partial charge in [0, 0.05) is 19.4 Å². The number of hydrogen-bond donors (Lipinski definition) is 0. The number of fused-ring (bicyclic) bond motifs is 5. The average molecular weight is 447 g/mol. The number of carbonyl (C=O) groups is 4. The van der Waals surface area contributed by atoms with Crippen LogP contribution in [0.3, 0.4) is 0 Å². The summed E-state index contributed by atoms with van der Waals surface area (Å²) in [5, 5.41) is 0. The average Bonchev–Trinajstić information content (AvgIpc) is 3.44. The van der Waals surface area contributed by atoms with Gasteiger partial charge in [-0.2, -0.15) is 0 Å². The van der Waals surface area contributed by atoms with E-state index in [1.165, 1.54) is 18.7 Å². The van der Waals surface area contributed by atoms with E-state index in [9.17, 15) is 19.2 Å². The first kappa shape index (κ1) is 21.1. The van der Waals surface area contributed by atoms with Gasteiger partial charge in [-0.25, -0.2) is 4.90 Å². The molecule has 2 bridgehead atoms. The Morgan fingerprint density at radius 1 is 0.939 bits per heavy atom. The van der Waals surface area contributed by atoms with E-state index in [0.717, 1.165) is 11.1 Å². The fourth-order valence-corrected chi connectivity index (χ4v) is 4.98. The minimum atomic E-state index is -1.57. The summed E-state index contributed by atoms with van der Waals surface area (Å²) < 4.78 is 16.5. The number of carbonyl (C=O) groups excluding carboxylic acids is 4. The van der Waals surface area contributed by atoms with Crippen molar-refractivity contribution in [3.05, 3.63) is 66.7 Å². The molecule has 168 valence electrons. The highest BCUT2D eigenvalue weighted by molar-refractivity contribution is 6.24. The molecule has 0 aromatic heterocycles. The number of rotatable bonds is 5. The topological polar surface area (TPSA) is 99.2 Å². The van der Waals surface area contributed by atoms with Crippen molar-refractivity contribution in [3.8, 4) is 11.1 Å². The molecule has 0 unspecified atom stereocenters. The summed E-state index contributed by atoms with van der Waals surface area (Å²) >= 11 is 0. The zero-order chi connectivity index (χ0) is 23.3. The number of esters is 2. The lowest BCUT2D eigenvalue weighted by molar-refractivity contribution is -0.226. The highest BCUT2D eigenvalue weighted by Crippen LogP contribution is 2.55. The summed E-state index contributed by atoms with van der Waals surface area (Å²) in [4.78, 5) is 52.0. The number of hydrogen-bond acceptors (Lipinski definition) is 7. The molecule has 4 atom stereocenters. The van der Waals surface area contributed by atoms with Crippen LogP contribution in [0.2, 0.25) is 0 Å². The normalized spacial score (nSPS) is 27.2. The van der Waals surface area contributed by atoms with E-state index in [4.69, 9.17) is 14.2 Å². The van der Waals surface area contributed by atoms with Crippen molar-refractivity contribution in [1.82, 2.24) is 0 Å². The molecule has 0 saturated carbocycles. The van der Waals surface area contributed by atoms with Gasteiger partial charge in [0.1, 0.15) is 0 Å². The predicted molar refractivity (Wildman–Crippen MR) is 115 cm³/mol. The van der Waals surface area contributed by atoms with E-state index in [-0.39, 0.29) is 0 Å². The van der Waals surface area contributed by atoms with E-state index < -0.39 is 53.6 Å². The quantitative estimate of drug-likeness (QED) is 0.301. The number of para-hydroxylation sites is 1. The summed E-state index contributed by atoms with van der Waals surface area (Å²) in [5.41, 5.74) is 0.469. The van der Waals surface area contributed by atoms with Gasteiger partial charge in [-0.1, -0.05) is 54.6 Å². The molecule has 0 spiro atoms. The molecule has 2 fully saturated rings. The SMILES string of the molecule is CC(=O)OC(OC(C)=O)[C@@]12C=C[C@@H](O1)[C@H]1C(=O)N(c3ccccc3-c3ccccc3)C(=O)[C@H]12. The first-order chi connectivity index (χ1) is 15.8. The van der Waals surface area contributed by atoms with Crippen LogP contribution in [0, 0.1) is 11.8 Å². The number of nitrogens with zero attached hydrogens (tertiary/aromatic N) is 1. The van der Waals surface area contributed by atoms with Crippen LogP contribution >= 0.6 is 0 Å². The lowest BCUT2D eigenvalue weighted by atomic mass is 9.76.